The van der Waals surface area contributed by atoms with Crippen LogP contribution < -0.4 is 10.6 Å². The summed E-state index contributed by atoms with van der Waals surface area (Å²) in [5, 5.41) is 6.30. The molecule has 0 spiro atoms. The molecule has 2 aromatic rings. The van der Waals surface area contributed by atoms with Crippen molar-refractivity contribution in [3.63, 3.8) is 0 Å². The maximum atomic E-state index is 12.6. The molecule has 26 heavy (non-hydrogen) atoms. The van der Waals surface area contributed by atoms with Crippen LogP contribution in [-0.2, 0) is 9.59 Å². The molecule has 0 saturated carbocycles. The number of rotatable bonds is 2. The summed E-state index contributed by atoms with van der Waals surface area (Å²) in [6, 6.07) is 11.4. The molecular weight excluding hydrogens is 348 g/mol. The molecule has 4 rings (SSSR count). The molecule has 130 valence electrons. The Labute approximate surface area is 156 Å². The van der Waals surface area contributed by atoms with Gasteiger partial charge < -0.3 is 10.6 Å². The van der Waals surface area contributed by atoms with E-state index in [1.807, 2.05) is 51.1 Å². The number of fused-ring (bicyclic) bond motifs is 1. The smallest absolute Gasteiger partial charge is 0.258 e. The van der Waals surface area contributed by atoms with Crippen LogP contribution in [0.3, 0.4) is 0 Å². The minimum absolute atomic E-state index is 0.279. The molecule has 2 aliphatic heterocycles. The number of aryl methyl sites for hydroxylation is 3. The molecule has 0 aromatic heterocycles. The summed E-state index contributed by atoms with van der Waals surface area (Å²) < 4.78 is 0. The molecular formula is C21H17ClN2O2. The number of benzene rings is 2. The number of hydrogen-bond acceptors (Lipinski definition) is 2. The molecule has 0 aliphatic carbocycles. The third-order valence-corrected chi connectivity index (χ3v) is 5.34. The van der Waals surface area contributed by atoms with Gasteiger partial charge in [0.25, 0.3) is 11.8 Å². The summed E-state index contributed by atoms with van der Waals surface area (Å²) in [5.41, 5.74) is 6.57. The van der Waals surface area contributed by atoms with E-state index in [9.17, 15) is 9.59 Å². The van der Waals surface area contributed by atoms with Crippen molar-refractivity contribution in [1.82, 2.24) is 10.6 Å². The van der Waals surface area contributed by atoms with Gasteiger partial charge in [-0.25, -0.2) is 0 Å². The van der Waals surface area contributed by atoms with E-state index in [1.54, 1.807) is 6.07 Å². The van der Waals surface area contributed by atoms with Crippen LogP contribution in [0, 0.1) is 20.8 Å². The Hall–Kier alpha value is -2.85. The predicted molar refractivity (Wildman–Crippen MR) is 102 cm³/mol. The highest BCUT2D eigenvalue weighted by Crippen LogP contribution is 2.38. The molecule has 2 aromatic carbocycles. The SMILES string of the molecule is Cc1ccc(C2=C3C(=O)NC(c4ccc(C)c(Cl)c4)=C3C(=O)N2)cc1C. The Morgan fingerprint density at radius 3 is 1.69 bits per heavy atom. The summed E-state index contributed by atoms with van der Waals surface area (Å²) in [5.74, 6) is -0.559. The van der Waals surface area contributed by atoms with Crippen LogP contribution in [0.15, 0.2) is 47.5 Å². The fourth-order valence-corrected chi connectivity index (χ4v) is 3.44. The second-order valence-corrected chi connectivity index (χ2v) is 7.08. The summed E-state index contributed by atoms with van der Waals surface area (Å²) in [6.45, 7) is 5.94. The largest absolute Gasteiger partial charge is 0.321 e. The van der Waals surface area contributed by atoms with Gasteiger partial charge in [-0.15, -0.1) is 0 Å². The van der Waals surface area contributed by atoms with E-state index >= 15 is 0 Å². The highest BCUT2D eigenvalue weighted by atomic mass is 35.5. The zero-order valence-corrected chi connectivity index (χ0v) is 15.4. The van der Waals surface area contributed by atoms with Gasteiger partial charge >= 0.3 is 0 Å². The van der Waals surface area contributed by atoms with Gasteiger partial charge in [0.15, 0.2) is 0 Å². The Balaban J connectivity index is 1.90. The van der Waals surface area contributed by atoms with Gasteiger partial charge in [0.05, 0.1) is 22.5 Å². The minimum atomic E-state index is -0.279. The second-order valence-electron chi connectivity index (χ2n) is 6.67. The first kappa shape index (κ1) is 16.6. The maximum Gasteiger partial charge on any atom is 0.258 e. The molecule has 0 atom stereocenters. The molecule has 0 fully saturated rings. The molecule has 0 saturated heterocycles. The zero-order valence-electron chi connectivity index (χ0n) is 14.7. The van der Waals surface area contributed by atoms with E-state index < -0.39 is 0 Å². The Bertz CT molecular complexity index is 978. The third kappa shape index (κ3) is 2.45. The minimum Gasteiger partial charge on any atom is -0.321 e. The topological polar surface area (TPSA) is 58.2 Å². The lowest BCUT2D eigenvalue weighted by Gasteiger charge is -2.09. The maximum absolute atomic E-state index is 12.6. The van der Waals surface area contributed by atoms with Crippen LogP contribution in [0.2, 0.25) is 5.02 Å². The quantitative estimate of drug-likeness (QED) is 0.854. The summed E-state index contributed by atoms with van der Waals surface area (Å²) in [6.07, 6.45) is 0. The Morgan fingerprint density at radius 1 is 0.692 bits per heavy atom. The first-order valence-corrected chi connectivity index (χ1v) is 8.70. The molecule has 5 heteroatoms. The number of hydrogen-bond donors (Lipinski definition) is 2. The lowest BCUT2D eigenvalue weighted by Crippen LogP contribution is -2.21. The average molecular weight is 365 g/mol. The second kappa shape index (κ2) is 5.85. The molecule has 0 radical (unpaired) electrons. The van der Waals surface area contributed by atoms with E-state index in [0.717, 1.165) is 27.8 Å². The molecule has 2 heterocycles. The van der Waals surface area contributed by atoms with Gasteiger partial charge in [0.2, 0.25) is 0 Å². The molecule has 2 amide bonds. The Kier molecular flexibility index (Phi) is 3.74. The van der Waals surface area contributed by atoms with Crippen LogP contribution in [0.5, 0.6) is 0 Å². The average Bonchev–Trinajstić information content (AvgIpc) is 3.12. The molecule has 0 unspecified atom stereocenters. The van der Waals surface area contributed by atoms with Crippen LogP contribution in [0.25, 0.3) is 11.4 Å². The van der Waals surface area contributed by atoms with Gasteiger partial charge in [0, 0.05) is 10.6 Å². The zero-order chi connectivity index (χ0) is 18.6. The number of amides is 2. The van der Waals surface area contributed by atoms with Crippen molar-refractivity contribution in [1.29, 1.82) is 0 Å². The highest BCUT2D eigenvalue weighted by molar-refractivity contribution is 6.32. The van der Waals surface area contributed by atoms with Crippen molar-refractivity contribution in [2.45, 2.75) is 20.8 Å². The van der Waals surface area contributed by atoms with E-state index in [1.165, 1.54) is 0 Å². The van der Waals surface area contributed by atoms with E-state index in [-0.39, 0.29) is 11.8 Å². The first-order valence-electron chi connectivity index (χ1n) is 8.32. The molecule has 0 bridgehead atoms. The van der Waals surface area contributed by atoms with Crippen molar-refractivity contribution in [2.24, 2.45) is 0 Å². The van der Waals surface area contributed by atoms with Gasteiger partial charge in [-0.2, -0.15) is 0 Å². The normalized spacial score (nSPS) is 16.2. The van der Waals surface area contributed by atoms with Gasteiger partial charge in [0.1, 0.15) is 0 Å². The van der Waals surface area contributed by atoms with E-state index in [2.05, 4.69) is 10.6 Å². The van der Waals surface area contributed by atoms with Crippen LogP contribution >= 0.6 is 11.6 Å². The predicted octanol–water partition coefficient (Wildman–Crippen LogP) is 3.65. The molecule has 4 nitrogen and oxygen atoms in total. The van der Waals surface area contributed by atoms with Gasteiger partial charge in [-0.1, -0.05) is 35.9 Å². The van der Waals surface area contributed by atoms with Crippen molar-refractivity contribution in [3.05, 3.63) is 80.4 Å². The van der Waals surface area contributed by atoms with Gasteiger partial charge in [-0.05, 0) is 55.2 Å². The number of halogens is 1. The van der Waals surface area contributed by atoms with Crippen molar-refractivity contribution in [3.8, 4) is 0 Å². The number of nitrogens with one attached hydrogen (secondary N) is 2. The molecule has 2 N–H and O–H groups in total. The lowest BCUT2D eigenvalue weighted by molar-refractivity contribution is -0.117. The molecule has 2 aliphatic rings. The summed E-state index contributed by atoms with van der Waals surface area (Å²) in [4.78, 5) is 25.3. The van der Waals surface area contributed by atoms with Crippen molar-refractivity contribution in [2.75, 3.05) is 0 Å². The first-order chi connectivity index (χ1) is 12.4. The Morgan fingerprint density at radius 2 is 1.19 bits per heavy atom. The lowest BCUT2D eigenvalue weighted by atomic mass is 9.99. The number of carbonyl (C=O) groups is 2. The van der Waals surface area contributed by atoms with E-state index in [0.29, 0.717) is 27.6 Å². The third-order valence-electron chi connectivity index (χ3n) is 4.94. The summed E-state index contributed by atoms with van der Waals surface area (Å²) >= 11 is 6.22. The van der Waals surface area contributed by atoms with Crippen LogP contribution in [0.1, 0.15) is 27.8 Å². The van der Waals surface area contributed by atoms with Gasteiger partial charge in [-0.3, -0.25) is 9.59 Å². The van der Waals surface area contributed by atoms with Crippen molar-refractivity contribution < 1.29 is 9.59 Å². The van der Waals surface area contributed by atoms with Crippen LogP contribution in [-0.4, -0.2) is 11.8 Å². The highest BCUT2D eigenvalue weighted by Gasteiger charge is 2.40. The standard InChI is InChI=1S/C21H17ClN2O2/c1-10-4-6-13(8-12(10)3)18-16-17(21(26)23-18)19(24-20(16)25)14-7-5-11(2)15(22)9-14/h4-9H,1-3H3,(H,23,26)(H,24,25). The van der Waals surface area contributed by atoms with Crippen molar-refractivity contribution >= 4 is 34.8 Å². The number of carbonyl (C=O) groups excluding carboxylic acids is 2. The monoisotopic (exact) mass is 364 g/mol. The van der Waals surface area contributed by atoms with Crippen LogP contribution in [0.4, 0.5) is 0 Å². The van der Waals surface area contributed by atoms with E-state index in [4.69, 9.17) is 11.6 Å². The fraction of sp³-hybridized carbons (Fsp3) is 0.143. The summed E-state index contributed by atoms with van der Waals surface area (Å²) in [7, 11) is 0. The fourth-order valence-electron chi connectivity index (χ4n) is 3.26.